The first-order valence-electron chi connectivity index (χ1n) is 5.16. The van der Waals surface area contributed by atoms with Gasteiger partial charge in [-0.3, -0.25) is 4.79 Å². The standard InChI is InChI=1S/C11H11BrN2O2S2/c1-7-4-13-11(18-6-10(15)16)14(7)5-9-8(12)2-3-17-9/h2-4H,5-6H2,1H3,(H,15,16). The molecule has 1 N–H and O–H groups in total. The first kappa shape index (κ1) is 13.6. The van der Waals surface area contributed by atoms with E-state index in [1.807, 2.05) is 22.9 Å². The van der Waals surface area contributed by atoms with Crippen molar-refractivity contribution in [3.8, 4) is 0 Å². The summed E-state index contributed by atoms with van der Waals surface area (Å²) in [6.07, 6.45) is 1.77. The molecular formula is C11H11BrN2O2S2. The van der Waals surface area contributed by atoms with Crippen LogP contribution in [0, 0.1) is 6.92 Å². The first-order chi connectivity index (χ1) is 8.58. The van der Waals surface area contributed by atoms with Crippen LogP contribution in [0.1, 0.15) is 10.6 Å². The zero-order valence-corrected chi connectivity index (χ0v) is 12.8. The van der Waals surface area contributed by atoms with Crippen molar-refractivity contribution >= 4 is 45.0 Å². The maximum absolute atomic E-state index is 10.6. The predicted molar refractivity (Wildman–Crippen MR) is 76.4 cm³/mol. The average Bonchev–Trinajstić information content (AvgIpc) is 2.86. The van der Waals surface area contributed by atoms with Crippen molar-refractivity contribution in [2.24, 2.45) is 0 Å². The monoisotopic (exact) mass is 346 g/mol. The third-order valence-electron chi connectivity index (χ3n) is 2.34. The van der Waals surface area contributed by atoms with E-state index in [1.165, 1.54) is 16.6 Å². The van der Waals surface area contributed by atoms with E-state index in [4.69, 9.17) is 5.11 Å². The van der Waals surface area contributed by atoms with Gasteiger partial charge in [0.25, 0.3) is 0 Å². The van der Waals surface area contributed by atoms with Gasteiger partial charge in [-0.25, -0.2) is 4.98 Å². The predicted octanol–water partition coefficient (Wildman–Crippen LogP) is 3.24. The SMILES string of the molecule is Cc1cnc(SCC(=O)O)n1Cc1sccc1Br. The number of aliphatic carboxylic acids is 1. The van der Waals surface area contributed by atoms with E-state index in [0.717, 1.165) is 15.3 Å². The Kier molecular flexibility index (Phi) is 4.47. The highest BCUT2D eigenvalue weighted by Gasteiger charge is 2.12. The van der Waals surface area contributed by atoms with Gasteiger partial charge in [0, 0.05) is 21.2 Å². The lowest BCUT2D eigenvalue weighted by molar-refractivity contribution is -0.133. The first-order valence-corrected chi connectivity index (χ1v) is 7.82. The summed E-state index contributed by atoms with van der Waals surface area (Å²) in [7, 11) is 0. The van der Waals surface area contributed by atoms with Crippen LogP contribution < -0.4 is 0 Å². The van der Waals surface area contributed by atoms with Crippen LogP contribution in [0.5, 0.6) is 0 Å². The maximum Gasteiger partial charge on any atom is 0.313 e. The van der Waals surface area contributed by atoms with Crippen LogP contribution in [-0.4, -0.2) is 26.4 Å². The van der Waals surface area contributed by atoms with Crippen molar-refractivity contribution in [3.63, 3.8) is 0 Å². The van der Waals surface area contributed by atoms with Crippen LogP contribution in [0.4, 0.5) is 0 Å². The highest BCUT2D eigenvalue weighted by atomic mass is 79.9. The fourth-order valence-corrected chi connectivity index (χ4v) is 3.66. The molecule has 0 spiro atoms. The van der Waals surface area contributed by atoms with Crippen molar-refractivity contribution in [1.29, 1.82) is 0 Å². The fourth-order valence-electron chi connectivity index (χ4n) is 1.45. The molecule has 2 heterocycles. The number of halogens is 1. The summed E-state index contributed by atoms with van der Waals surface area (Å²) in [6.45, 7) is 2.69. The Hall–Kier alpha value is -0.790. The van der Waals surface area contributed by atoms with E-state index >= 15 is 0 Å². The largest absolute Gasteiger partial charge is 0.481 e. The molecular weight excluding hydrogens is 336 g/mol. The van der Waals surface area contributed by atoms with Crippen molar-refractivity contribution in [3.05, 3.63) is 32.7 Å². The van der Waals surface area contributed by atoms with Crippen LogP contribution in [0.25, 0.3) is 0 Å². The van der Waals surface area contributed by atoms with Gasteiger partial charge >= 0.3 is 5.97 Å². The zero-order chi connectivity index (χ0) is 13.1. The fraction of sp³-hybridized carbons (Fsp3) is 0.273. The second-order valence-electron chi connectivity index (χ2n) is 3.64. The zero-order valence-electron chi connectivity index (χ0n) is 9.59. The summed E-state index contributed by atoms with van der Waals surface area (Å²) in [5.74, 6) is -0.799. The number of aryl methyl sites for hydroxylation is 1. The van der Waals surface area contributed by atoms with Gasteiger partial charge in [-0.15, -0.1) is 11.3 Å². The van der Waals surface area contributed by atoms with E-state index in [0.29, 0.717) is 6.54 Å². The number of hydrogen-bond acceptors (Lipinski definition) is 4. The smallest absolute Gasteiger partial charge is 0.313 e. The number of carbonyl (C=O) groups is 1. The molecule has 0 aliphatic rings. The minimum atomic E-state index is -0.829. The molecule has 2 rings (SSSR count). The summed E-state index contributed by atoms with van der Waals surface area (Å²) in [4.78, 5) is 16.1. The highest BCUT2D eigenvalue weighted by molar-refractivity contribution is 9.10. The second-order valence-corrected chi connectivity index (χ2v) is 6.44. The van der Waals surface area contributed by atoms with Gasteiger partial charge in [-0.2, -0.15) is 0 Å². The van der Waals surface area contributed by atoms with Gasteiger partial charge in [0.15, 0.2) is 5.16 Å². The quantitative estimate of drug-likeness (QED) is 0.844. The van der Waals surface area contributed by atoms with Gasteiger partial charge in [0.1, 0.15) is 0 Å². The molecule has 0 aromatic carbocycles. The van der Waals surface area contributed by atoms with Crippen molar-refractivity contribution in [1.82, 2.24) is 9.55 Å². The molecule has 4 nitrogen and oxygen atoms in total. The third-order valence-corrected chi connectivity index (χ3v) is 5.22. The molecule has 0 amide bonds. The van der Waals surface area contributed by atoms with Crippen molar-refractivity contribution < 1.29 is 9.90 Å². The number of thiophene rings is 1. The molecule has 2 aromatic rings. The number of carboxylic acid groups (broad SMARTS) is 1. The van der Waals surface area contributed by atoms with Gasteiger partial charge in [0.2, 0.25) is 0 Å². The van der Waals surface area contributed by atoms with E-state index in [2.05, 4.69) is 20.9 Å². The minimum Gasteiger partial charge on any atom is -0.481 e. The average molecular weight is 347 g/mol. The molecule has 0 aliphatic carbocycles. The van der Waals surface area contributed by atoms with E-state index in [-0.39, 0.29) is 5.75 Å². The molecule has 7 heteroatoms. The van der Waals surface area contributed by atoms with Crippen LogP contribution in [0.3, 0.4) is 0 Å². The summed E-state index contributed by atoms with van der Waals surface area (Å²) >= 11 is 6.41. The Morgan fingerprint density at radius 2 is 2.44 bits per heavy atom. The molecule has 2 aromatic heterocycles. The molecule has 0 fully saturated rings. The van der Waals surface area contributed by atoms with Crippen LogP contribution >= 0.6 is 39.0 Å². The summed E-state index contributed by atoms with van der Waals surface area (Å²) in [5.41, 5.74) is 1.03. The lowest BCUT2D eigenvalue weighted by atomic mass is 10.4. The molecule has 0 atom stereocenters. The minimum absolute atomic E-state index is 0.0298. The van der Waals surface area contributed by atoms with Crippen molar-refractivity contribution in [2.45, 2.75) is 18.6 Å². The number of aromatic nitrogens is 2. The van der Waals surface area contributed by atoms with E-state index < -0.39 is 5.97 Å². The maximum atomic E-state index is 10.6. The Labute approximate surface area is 121 Å². The topological polar surface area (TPSA) is 55.1 Å². The summed E-state index contributed by atoms with van der Waals surface area (Å²) in [5, 5.41) is 11.5. The number of thioether (sulfide) groups is 1. The summed E-state index contributed by atoms with van der Waals surface area (Å²) < 4.78 is 3.11. The lowest BCUT2D eigenvalue weighted by Crippen LogP contribution is -2.05. The van der Waals surface area contributed by atoms with Gasteiger partial charge in [-0.05, 0) is 34.3 Å². The van der Waals surface area contributed by atoms with E-state index in [1.54, 1.807) is 17.5 Å². The Morgan fingerprint density at radius 3 is 3.06 bits per heavy atom. The number of rotatable bonds is 5. The molecule has 0 unspecified atom stereocenters. The van der Waals surface area contributed by atoms with Crippen LogP contribution in [0.2, 0.25) is 0 Å². The normalized spacial score (nSPS) is 10.8. The Bertz CT molecular complexity index is 565. The van der Waals surface area contributed by atoms with Crippen LogP contribution in [0.15, 0.2) is 27.3 Å². The van der Waals surface area contributed by atoms with Gasteiger partial charge in [0.05, 0.1) is 12.3 Å². The number of hydrogen-bond donors (Lipinski definition) is 1. The highest BCUT2D eigenvalue weighted by Crippen LogP contribution is 2.26. The molecule has 96 valence electrons. The molecule has 18 heavy (non-hydrogen) atoms. The molecule has 0 aliphatic heterocycles. The number of nitrogens with zero attached hydrogens (tertiary/aromatic N) is 2. The second kappa shape index (κ2) is 5.90. The Balaban J connectivity index is 2.19. The van der Waals surface area contributed by atoms with Crippen LogP contribution in [-0.2, 0) is 11.3 Å². The molecule has 0 saturated carbocycles. The van der Waals surface area contributed by atoms with Gasteiger partial charge < -0.3 is 9.67 Å². The summed E-state index contributed by atoms with van der Waals surface area (Å²) in [6, 6.07) is 2.01. The molecule has 0 radical (unpaired) electrons. The lowest BCUT2D eigenvalue weighted by Gasteiger charge is -2.08. The Morgan fingerprint density at radius 1 is 1.67 bits per heavy atom. The number of imidazole rings is 1. The molecule has 0 bridgehead atoms. The number of carboxylic acids is 1. The molecule has 0 saturated heterocycles. The van der Waals surface area contributed by atoms with Gasteiger partial charge in [-0.1, -0.05) is 11.8 Å². The third kappa shape index (κ3) is 3.15. The van der Waals surface area contributed by atoms with E-state index in [9.17, 15) is 4.79 Å². The van der Waals surface area contributed by atoms with Crippen molar-refractivity contribution in [2.75, 3.05) is 5.75 Å².